The number of aryl methyl sites for hydroxylation is 2. The van der Waals surface area contributed by atoms with Crippen LogP contribution >= 0.6 is 11.3 Å². The van der Waals surface area contributed by atoms with Gasteiger partial charge in [0, 0.05) is 13.6 Å². The second kappa shape index (κ2) is 5.85. The van der Waals surface area contributed by atoms with Crippen LogP contribution in [-0.2, 0) is 0 Å². The Morgan fingerprint density at radius 1 is 1.50 bits per heavy atom. The van der Waals surface area contributed by atoms with E-state index in [1.54, 1.807) is 11.9 Å². The molecule has 1 N–H and O–H groups in total. The number of aliphatic hydroxyl groups is 1. The Kier molecular flexibility index (Phi) is 4.06. The van der Waals surface area contributed by atoms with Gasteiger partial charge in [0.1, 0.15) is 10.6 Å². The first kappa shape index (κ1) is 15.2. The fourth-order valence-corrected chi connectivity index (χ4v) is 3.44. The third kappa shape index (κ3) is 3.08. The summed E-state index contributed by atoms with van der Waals surface area (Å²) in [4.78, 5) is 19.2. The summed E-state index contributed by atoms with van der Waals surface area (Å²) in [5, 5.41) is 10.7. The minimum absolute atomic E-state index is 0.0933. The second-order valence-electron chi connectivity index (χ2n) is 5.93. The van der Waals surface area contributed by atoms with Gasteiger partial charge >= 0.3 is 0 Å². The van der Waals surface area contributed by atoms with Crippen molar-refractivity contribution >= 4 is 17.2 Å². The number of hydrogen-bond acceptors (Lipinski definition) is 5. The molecule has 0 aliphatic heterocycles. The van der Waals surface area contributed by atoms with Crippen LogP contribution in [0.1, 0.15) is 34.0 Å². The van der Waals surface area contributed by atoms with Crippen LogP contribution in [0.4, 0.5) is 0 Å². The van der Waals surface area contributed by atoms with Crippen LogP contribution in [0.25, 0.3) is 10.8 Å². The Morgan fingerprint density at radius 2 is 2.23 bits per heavy atom. The molecule has 1 fully saturated rings. The van der Waals surface area contributed by atoms with Crippen molar-refractivity contribution < 1.29 is 14.3 Å². The smallest absolute Gasteiger partial charge is 0.265 e. The maximum atomic E-state index is 12.5. The molecule has 2 aromatic rings. The zero-order chi connectivity index (χ0) is 15.9. The Balaban J connectivity index is 1.75. The molecule has 118 valence electrons. The van der Waals surface area contributed by atoms with Gasteiger partial charge in [-0.2, -0.15) is 0 Å². The number of aromatic nitrogens is 1. The standard InChI is InChI=1S/C16H20N2O3S/c1-9-4-7-13(21-9)15-17-10(2)14(22-15)16(20)18(3)8-12(19)11-5-6-11/h4,7,11-12,19H,5-6,8H2,1-3H3. The molecule has 1 saturated carbocycles. The molecule has 0 saturated heterocycles. The first-order valence-corrected chi connectivity index (χ1v) is 8.25. The molecule has 0 bridgehead atoms. The summed E-state index contributed by atoms with van der Waals surface area (Å²) in [6.45, 7) is 4.08. The van der Waals surface area contributed by atoms with Crippen LogP contribution in [0.15, 0.2) is 16.5 Å². The van der Waals surface area contributed by atoms with Crippen molar-refractivity contribution in [2.45, 2.75) is 32.8 Å². The molecule has 3 rings (SSSR count). The molecule has 1 amide bonds. The number of rotatable bonds is 5. The fourth-order valence-electron chi connectivity index (χ4n) is 2.42. The molecule has 0 radical (unpaired) electrons. The second-order valence-corrected chi connectivity index (χ2v) is 6.93. The van der Waals surface area contributed by atoms with Gasteiger partial charge in [0.2, 0.25) is 0 Å². The van der Waals surface area contributed by atoms with Crippen LogP contribution in [0, 0.1) is 19.8 Å². The van der Waals surface area contributed by atoms with E-state index in [0.29, 0.717) is 33.8 Å². The van der Waals surface area contributed by atoms with Gasteiger partial charge in [-0.1, -0.05) is 0 Å². The number of amides is 1. The largest absolute Gasteiger partial charge is 0.459 e. The molecule has 0 spiro atoms. The summed E-state index contributed by atoms with van der Waals surface area (Å²) in [6, 6.07) is 3.74. The quantitative estimate of drug-likeness (QED) is 0.920. The molecule has 5 nitrogen and oxygen atoms in total. The highest BCUT2D eigenvalue weighted by Gasteiger charge is 2.32. The normalized spacial score (nSPS) is 15.8. The van der Waals surface area contributed by atoms with Gasteiger partial charge < -0.3 is 14.4 Å². The number of nitrogens with zero attached hydrogens (tertiary/aromatic N) is 2. The van der Waals surface area contributed by atoms with Gasteiger partial charge in [-0.05, 0) is 44.7 Å². The van der Waals surface area contributed by atoms with Gasteiger partial charge in [0.15, 0.2) is 10.8 Å². The van der Waals surface area contributed by atoms with E-state index in [-0.39, 0.29) is 5.91 Å². The van der Waals surface area contributed by atoms with Crippen LogP contribution in [0.2, 0.25) is 0 Å². The van der Waals surface area contributed by atoms with Crippen LogP contribution in [-0.4, -0.2) is 40.6 Å². The van der Waals surface area contributed by atoms with Crippen LogP contribution < -0.4 is 0 Å². The maximum Gasteiger partial charge on any atom is 0.265 e. The van der Waals surface area contributed by atoms with E-state index in [1.165, 1.54) is 11.3 Å². The van der Waals surface area contributed by atoms with Crippen molar-refractivity contribution in [3.63, 3.8) is 0 Å². The van der Waals surface area contributed by atoms with E-state index >= 15 is 0 Å². The summed E-state index contributed by atoms with van der Waals surface area (Å²) in [6.07, 6.45) is 1.70. The molecule has 1 unspecified atom stereocenters. The van der Waals surface area contributed by atoms with E-state index in [4.69, 9.17) is 4.42 Å². The zero-order valence-corrected chi connectivity index (χ0v) is 13.8. The van der Waals surface area contributed by atoms with Gasteiger partial charge in [-0.3, -0.25) is 4.79 Å². The van der Waals surface area contributed by atoms with Crippen molar-refractivity contribution in [1.29, 1.82) is 0 Å². The first-order chi connectivity index (χ1) is 10.5. The summed E-state index contributed by atoms with van der Waals surface area (Å²) >= 11 is 1.34. The van der Waals surface area contributed by atoms with Gasteiger partial charge in [-0.25, -0.2) is 4.98 Å². The predicted octanol–water partition coefficient (Wildman–Crippen LogP) is 2.86. The lowest BCUT2D eigenvalue weighted by Gasteiger charge is -2.20. The molecule has 22 heavy (non-hydrogen) atoms. The Morgan fingerprint density at radius 3 is 2.82 bits per heavy atom. The number of furan rings is 1. The van der Waals surface area contributed by atoms with E-state index in [1.807, 2.05) is 26.0 Å². The van der Waals surface area contributed by atoms with Gasteiger partial charge in [-0.15, -0.1) is 11.3 Å². The number of carbonyl (C=O) groups is 1. The van der Waals surface area contributed by atoms with E-state index < -0.39 is 6.10 Å². The summed E-state index contributed by atoms with van der Waals surface area (Å²) in [5.41, 5.74) is 0.701. The van der Waals surface area contributed by atoms with E-state index in [2.05, 4.69) is 4.98 Å². The zero-order valence-electron chi connectivity index (χ0n) is 13.0. The third-order valence-electron chi connectivity index (χ3n) is 3.92. The van der Waals surface area contributed by atoms with Crippen molar-refractivity contribution in [1.82, 2.24) is 9.88 Å². The number of thiazole rings is 1. The first-order valence-electron chi connectivity index (χ1n) is 7.43. The highest BCUT2D eigenvalue weighted by atomic mass is 32.1. The lowest BCUT2D eigenvalue weighted by atomic mass is 10.2. The SMILES string of the molecule is Cc1ccc(-c2nc(C)c(C(=O)N(C)CC(O)C3CC3)s2)o1. The number of aliphatic hydroxyl groups excluding tert-OH is 1. The van der Waals surface area contributed by atoms with Crippen LogP contribution in [0.3, 0.4) is 0 Å². The molecule has 1 atom stereocenters. The Bertz CT molecular complexity index is 687. The topological polar surface area (TPSA) is 66.6 Å². The minimum atomic E-state index is -0.422. The molecule has 1 aliphatic carbocycles. The lowest BCUT2D eigenvalue weighted by Crippen LogP contribution is -2.35. The van der Waals surface area contributed by atoms with Crippen molar-refractivity contribution in [3.8, 4) is 10.8 Å². The van der Waals surface area contributed by atoms with Crippen molar-refractivity contribution in [3.05, 3.63) is 28.5 Å². The number of hydrogen-bond donors (Lipinski definition) is 1. The third-order valence-corrected chi connectivity index (χ3v) is 5.08. The summed E-state index contributed by atoms with van der Waals surface area (Å²) < 4.78 is 5.57. The minimum Gasteiger partial charge on any atom is -0.459 e. The Labute approximate surface area is 133 Å². The van der Waals surface area contributed by atoms with Crippen LogP contribution in [0.5, 0.6) is 0 Å². The van der Waals surface area contributed by atoms with E-state index in [0.717, 1.165) is 18.6 Å². The fraction of sp³-hybridized carbons (Fsp3) is 0.500. The molecular weight excluding hydrogens is 300 g/mol. The molecule has 1 aliphatic rings. The number of carbonyl (C=O) groups excluding carboxylic acids is 1. The lowest BCUT2D eigenvalue weighted by molar-refractivity contribution is 0.0649. The van der Waals surface area contributed by atoms with E-state index in [9.17, 15) is 9.90 Å². The molecule has 0 aromatic carbocycles. The molecule has 2 aromatic heterocycles. The molecule has 6 heteroatoms. The average molecular weight is 320 g/mol. The highest BCUT2D eigenvalue weighted by molar-refractivity contribution is 7.17. The average Bonchev–Trinajstić information content (AvgIpc) is 3.14. The van der Waals surface area contributed by atoms with Crippen molar-refractivity contribution in [2.24, 2.45) is 5.92 Å². The maximum absolute atomic E-state index is 12.5. The highest BCUT2D eigenvalue weighted by Crippen LogP contribution is 2.33. The van der Waals surface area contributed by atoms with Gasteiger partial charge in [0.25, 0.3) is 5.91 Å². The summed E-state index contributed by atoms with van der Waals surface area (Å²) in [7, 11) is 1.73. The monoisotopic (exact) mass is 320 g/mol. The number of likely N-dealkylation sites (N-methyl/N-ethyl adjacent to an activating group) is 1. The predicted molar refractivity (Wildman–Crippen MR) is 85.0 cm³/mol. The summed E-state index contributed by atoms with van der Waals surface area (Å²) in [5.74, 6) is 1.77. The van der Waals surface area contributed by atoms with Crippen molar-refractivity contribution in [2.75, 3.05) is 13.6 Å². The molecular formula is C16H20N2O3S. The Hall–Kier alpha value is -1.66. The molecule has 2 heterocycles. The van der Waals surface area contributed by atoms with Gasteiger partial charge in [0.05, 0.1) is 11.8 Å².